The molecule has 0 fully saturated rings. The minimum Gasteiger partial charge on any atom is -0.497 e. The molecule has 21 heavy (non-hydrogen) atoms. The van der Waals surface area contributed by atoms with E-state index in [1.54, 1.807) is 7.11 Å². The van der Waals surface area contributed by atoms with Gasteiger partial charge in [-0.3, -0.25) is 0 Å². The van der Waals surface area contributed by atoms with Gasteiger partial charge in [0.05, 0.1) is 12.5 Å². The molecule has 0 spiro atoms. The molecule has 2 aromatic rings. The SMILES string of the molecule is COc1ccc(CCC(Cl)c2cc(F)c(C)cc2F)cc1. The molecule has 0 aromatic heterocycles. The summed E-state index contributed by atoms with van der Waals surface area (Å²) < 4.78 is 32.5. The second-order valence-corrected chi connectivity index (χ2v) is 5.50. The number of alkyl halides is 1. The third-order valence-electron chi connectivity index (χ3n) is 3.46. The minimum absolute atomic E-state index is 0.216. The first-order valence-electron chi connectivity index (χ1n) is 6.74. The Labute approximate surface area is 128 Å². The van der Waals surface area contributed by atoms with Crippen LogP contribution in [0.2, 0.25) is 0 Å². The Kier molecular flexibility index (Phi) is 5.18. The molecule has 2 rings (SSSR count). The van der Waals surface area contributed by atoms with Crippen LogP contribution in [0.5, 0.6) is 5.75 Å². The van der Waals surface area contributed by atoms with Crippen molar-refractivity contribution in [2.75, 3.05) is 7.11 Å². The smallest absolute Gasteiger partial charge is 0.128 e. The van der Waals surface area contributed by atoms with Crippen LogP contribution in [0.1, 0.15) is 28.5 Å². The van der Waals surface area contributed by atoms with Crippen molar-refractivity contribution in [1.82, 2.24) is 0 Å². The lowest BCUT2D eigenvalue weighted by Crippen LogP contribution is -2.00. The fourth-order valence-electron chi connectivity index (χ4n) is 2.14. The van der Waals surface area contributed by atoms with E-state index < -0.39 is 17.0 Å². The van der Waals surface area contributed by atoms with Crippen molar-refractivity contribution in [1.29, 1.82) is 0 Å². The highest BCUT2D eigenvalue weighted by Crippen LogP contribution is 2.30. The van der Waals surface area contributed by atoms with Gasteiger partial charge in [0, 0.05) is 5.56 Å². The molecule has 1 nitrogen and oxygen atoms in total. The lowest BCUT2D eigenvalue weighted by molar-refractivity contribution is 0.414. The first-order chi connectivity index (χ1) is 10.0. The number of hydrogen-bond donors (Lipinski definition) is 0. The molecule has 0 aliphatic rings. The average Bonchev–Trinajstić information content (AvgIpc) is 2.49. The molecule has 0 heterocycles. The topological polar surface area (TPSA) is 9.23 Å². The van der Waals surface area contributed by atoms with Crippen LogP contribution in [0.15, 0.2) is 36.4 Å². The molecule has 0 saturated heterocycles. The highest BCUT2D eigenvalue weighted by molar-refractivity contribution is 6.20. The van der Waals surface area contributed by atoms with Gasteiger partial charge in [-0.2, -0.15) is 0 Å². The van der Waals surface area contributed by atoms with Crippen molar-refractivity contribution in [2.24, 2.45) is 0 Å². The number of ether oxygens (including phenoxy) is 1. The summed E-state index contributed by atoms with van der Waals surface area (Å²) in [6.45, 7) is 1.53. The molecular weight excluding hydrogens is 294 g/mol. The summed E-state index contributed by atoms with van der Waals surface area (Å²) in [6.07, 6.45) is 1.22. The third-order valence-corrected chi connectivity index (χ3v) is 3.91. The van der Waals surface area contributed by atoms with Crippen molar-refractivity contribution in [3.05, 3.63) is 64.7 Å². The fourth-order valence-corrected chi connectivity index (χ4v) is 2.42. The van der Waals surface area contributed by atoms with Crippen molar-refractivity contribution in [3.63, 3.8) is 0 Å². The standard InChI is InChI=1S/C17H17ClF2O/c1-11-9-17(20)14(10-16(11)19)15(18)8-5-12-3-6-13(21-2)7-4-12/h3-4,6-7,9-10,15H,5,8H2,1-2H3. The van der Waals surface area contributed by atoms with E-state index in [1.165, 1.54) is 19.1 Å². The predicted molar refractivity (Wildman–Crippen MR) is 81.0 cm³/mol. The Hall–Kier alpha value is -1.61. The summed E-state index contributed by atoms with van der Waals surface area (Å²) in [7, 11) is 1.61. The van der Waals surface area contributed by atoms with Gasteiger partial charge in [0.1, 0.15) is 17.4 Å². The molecule has 112 valence electrons. The molecule has 4 heteroatoms. The molecule has 0 saturated carbocycles. The monoisotopic (exact) mass is 310 g/mol. The largest absolute Gasteiger partial charge is 0.497 e. The van der Waals surface area contributed by atoms with Gasteiger partial charge in [0.25, 0.3) is 0 Å². The normalized spacial score (nSPS) is 12.2. The van der Waals surface area contributed by atoms with Crippen molar-refractivity contribution in [3.8, 4) is 5.75 Å². The number of methoxy groups -OCH3 is 1. The van der Waals surface area contributed by atoms with E-state index in [0.29, 0.717) is 12.8 Å². The van der Waals surface area contributed by atoms with Gasteiger partial charge in [-0.1, -0.05) is 12.1 Å². The third kappa shape index (κ3) is 3.94. The van der Waals surface area contributed by atoms with Gasteiger partial charge in [-0.25, -0.2) is 8.78 Å². The molecule has 0 amide bonds. The van der Waals surface area contributed by atoms with Gasteiger partial charge in [0.15, 0.2) is 0 Å². The summed E-state index contributed by atoms with van der Waals surface area (Å²) in [5, 5.41) is -0.554. The number of rotatable bonds is 5. The summed E-state index contributed by atoms with van der Waals surface area (Å²) in [6, 6.07) is 9.99. The summed E-state index contributed by atoms with van der Waals surface area (Å²) >= 11 is 6.21. The number of hydrogen-bond acceptors (Lipinski definition) is 1. The van der Waals surface area contributed by atoms with Crippen LogP contribution in [0.3, 0.4) is 0 Å². The van der Waals surface area contributed by atoms with Crippen LogP contribution >= 0.6 is 11.6 Å². The second-order valence-electron chi connectivity index (χ2n) is 4.98. The maximum Gasteiger partial charge on any atom is 0.128 e. The lowest BCUT2D eigenvalue weighted by Gasteiger charge is -2.12. The second kappa shape index (κ2) is 6.90. The Morgan fingerprint density at radius 3 is 2.38 bits per heavy atom. The minimum atomic E-state index is -0.554. The van der Waals surface area contributed by atoms with Crippen molar-refractivity contribution < 1.29 is 13.5 Å². The molecule has 2 aromatic carbocycles. The molecular formula is C17H17ClF2O. The molecule has 0 aliphatic heterocycles. The van der Waals surface area contributed by atoms with Crippen LogP contribution in [-0.4, -0.2) is 7.11 Å². The van der Waals surface area contributed by atoms with Gasteiger partial charge in [-0.15, -0.1) is 11.6 Å². The quantitative estimate of drug-likeness (QED) is 0.690. The Balaban J connectivity index is 2.04. The number of halogens is 3. The Morgan fingerprint density at radius 1 is 1.10 bits per heavy atom. The van der Waals surface area contributed by atoms with Gasteiger partial charge >= 0.3 is 0 Å². The molecule has 0 N–H and O–H groups in total. The van der Waals surface area contributed by atoms with E-state index in [2.05, 4.69) is 0 Å². The molecule has 1 atom stereocenters. The van der Waals surface area contributed by atoms with Crippen LogP contribution in [-0.2, 0) is 6.42 Å². The van der Waals surface area contributed by atoms with E-state index >= 15 is 0 Å². The predicted octanol–water partition coefficient (Wildman–Crippen LogP) is 5.19. The molecule has 0 aliphatic carbocycles. The van der Waals surface area contributed by atoms with Gasteiger partial charge in [-0.05, 0) is 55.2 Å². The lowest BCUT2D eigenvalue weighted by atomic mass is 10.0. The molecule has 0 bridgehead atoms. The summed E-state index contributed by atoms with van der Waals surface area (Å²) in [5.41, 5.74) is 1.58. The van der Waals surface area contributed by atoms with Crippen LogP contribution in [0.4, 0.5) is 8.78 Å². The summed E-state index contributed by atoms with van der Waals surface area (Å²) in [5.74, 6) is -0.0991. The average molecular weight is 311 g/mol. The zero-order chi connectivity index (χ0) is 15.4. The highest BCUT2D eigenvalue weighted by Gasteiger charge is 2.15. The van der Waals surface area contributed by atoms with Crippen LogP contribution in [0.25, 0.3) is 0 Å². The van der Waals surface area contributed by atoms with Crippen molar-refractivity contribution >= 4 is 11.6 Å². The Bertz CT molecular complexity index is 611. The maximum atomic E-state index is 13.8. The number of aryl methyl sites for hydroxylation is 2. The molecule has 0 radical (unpaired) electrons. The van der Waals surface area contributed by atoms with Crippen LogP contribution < -0.4 is 4.74 Å². The van der Waals surface area contributed by atoms with E-state index in [9.17, 15) is 8.78 Å². The van der Waals surface area contributed by atoms with Gasteiger partial charge in [0.2, 0.25) is 0 Å². The van der Waals surface area contributed by atoms with Gasteiger partial charge < -0.3 is 4.74 Å². The van der Waals surface area contributed by atoms with E-state index in [1.807, 2.05) is 24.3 Å². The van der Waals surface area contributed by atoms with Crippen molar-refractivity contribution in [2.45, 2.75) is 25.1 Å². The highest BCUT2D eigenvalue weighted by atomic mass is 35.5. The molecule has 1 unspecified atom stereocenters. The fraction of sp³-hybridized carbons (Fsp3) is 0.294. The van der Waals surface area contributed by atoms with Crippen LogP contribution in [0, 0.1) is 18.6 Å². The Morgan fingerprint density at radius 2 is 1.76 bits per heavy atom. The zero-order valence-corrected chi connectivity index (χ0v) is 12.8. The zero-order valence-electron chi connectivity index (χ0n) is 12.0. The first kappa shape index (κ1) is 15.8. The van der Waals surface area contributed by atoms with E-state index in [4.69, 9.17) is 16.3 Å². The number of benzene rings is 2. The van der Waals surface area contributed by atoms with E-state index in [0.717, 1.165) is 11.3 Å². The first-order valence-corrected chi connectivity index (χ1v) is 7.17. The maximum absolute atomic E-state index is 13.8. The van der Waals surface area contributed by atoms with E-state index in [-0.39, 0.29) is 11.1 Å². The summed E-state index contributed by atoms with van der Waals surface area (Å²) in [4.78, 5) is 0.